The number of amides is 2. The molecule has 7 heteroatoms. The van der Waals surface area contributed by atoms with Crippen molar-refractivity contribution in [2.45, 2.75) is 25.8 Å². The molecule has 1 aliphatic heterocycles. The second-order valence-electron chi connectivity index (χ2n) is 5.08. The molecular formula is C14H14N4O3. The zero-order valence-corrected chi connectivity index (χ0v) is 11.4. The molecule has 0 aliphatic carbocycles. The molecule has 0 unspecified atom stereocenters. The summed E-state index contributed by atoms with van der Waals surface area (Å²) in [5.74, 6) is -0.354. The van der Waals surface area contributed by atoms with Gasteiger partial charge in [0.15, 0.2) is 0 Å². The van der Waals surface area contributed by atoms with Crippen LogP contribution >= 0.6 is 0 Å². The zero-order chi connectivity index (χ0) is 15.1. The number of rotatable bonds is 1. The lowest BCUT2D eigenvalue weighted by Gasteiger charge is -2.24. The number of carbonyl (C=O) groups is 2. The van der Waals surface area contributed by atoms with Gasteiger partial charge in [-0.2, -0.15) is 0 Å². The highest BCUT2D eigenvalue weighted by Crippen LogP contribution is 2.20. The fourth-order valence-electron chi connectivity index (χ4n) is 2.62. The Bertz CT molecular complexity index is 825. The maximum atomic E-state index is 12.6. The van der Waals surface area contributed by atoms with Gasteiger partial charge in [-0.25, -0.2) is 4.98 Å². The normalized spacial score (nSPS) is 18.8. The Labute approximate surface area is 119 Å². The minimum atomic E-state index is -0.714. The number of anilines is 1. The number of aromatic nitrogens is 2. The molecule has 108 valence electrons. The number of piperidine rings is 1. The van der Waals surface area contributed by atoms with Crippen LogP contribution in [0.25, 0.3) is 10.9 Å². The summed E-state index contributed by atoms with van der Waals surface area (Å²) in [6, 6.07) is 4.18. The van der Waals surface area contributed by atoms with Gasteiger partial charge in [-0.1, -0.05) is 0 Å². The predicted molar refractivity (Wildman–Crippen MR) is 76.6 cm³/mol. The van der Waals surface area contributed by atoms with Crippen LogP contribution in [0.3, 0.4) is 0 Å². The Morgan fingerprint density at radius 1 is 1.33 bits per heavy atom. The minimum Gasteiger partial charge on any atom is -0.399 e. The first kappa shape index (κ1) is 13.3. The van der Waals surface area contributed by atoms with Crippen LogP contribution in [-0.4, -0.2) is 21.4 Å². The molecule has 1 aromatic heterocycles. The third-order valence-corrected chi connectivity index (χ3v) is 3.62. The number of nitrogens with one attached hydrogen (secondary N) is 1. The van der Waals surface area contributed by atoms with Crippen LogP contribution in [0.1, 0.15) is 24.7 Å². The number of nitrogens with zero attached hydrogens (tertiary/aromatic N) is 2. The van der Waals surface area contributed by atoms with Gasteiger partial charge >= 0.3 is 0 Å². The number of hydrogen-bond donors (Lipinski definition) is 2. The first-order valence-electron chi connectivity index (χ1n) is 6.59. The summed E-state index contributed by atoms with van der Waals surface area (Å²) in [4.78, 5) is 40.2. The number of hydrogen-bond acceptors (Lipinski definition) is 5. The largest absolute Gasteiger partial charge is 0.399 e. The Morgan fingerprint density at radius 3 is 2.81 bits per heavy atom. The van der Waals surface area contributed by atoms with Gasteiger partial charge in [-0.15, -0.1) is 0 Å². The van der Waals surface area contributed by atoms with Gasteiger partial charge in [0.1, 0.15) is 11.9 Å². The average molecular weight is 286 g/mol. The number of benzene rings is 1. The molecule has 2 aromatic rings. The molecule has 1 atom stereocenters. The zero-order valence-electron chi connectivity index (χ0n) is 11.4. The molecule has 0 radical (unpaired) electrons. The van der Waals surface area contributed by atoms with Crippen molar-refractivity contribution in [1.82, 2.24) is 14.9 Å². The molecular weight excluding hydrogens is 272 g/mol. The standard InChI is InChI=1S/C14H14N4O3/c1-7-16-10-3-2-8(15)6-9(10)14(21)18(7)11-4-5-12(19)17-13(11)20/h2-3,6,11H,4-5,15H2,1H3,(H,17,19,20)/t11-/m0/s1. The number of imide groups is 1. The summed E-state index contributed by atoms with van der Waals surface area (Å²) in [5, 5.41) is 2.62. The van der Waals surface area contributed by atoms with Gasteiger partial charge in [0.2, 0.25) is 11.8 Å². The van der Waals surface area contributed by atoms with E-state index in [-0.39, 0.29) is 17.9 Å². The van der Waals surface area contributed by atoms with E-state index in [1.165, 1.54) is 4.57 Å². The number of nitrogens with two attached hydrogens (primary N) is 1. The van der Waals surface area contributed by atoms with Crippen LogP contribution in [0.5, 0.6) is 0 Å². The lowest BCUT2D eigenvalue weighted by Crippen LogP contribution is -2.45. The second-order valence-corrected chi connectivity index (χ2v) is 5.08. The average Bonchev–Trinajstić information content (AvgIpc) is 2.42. The Hall–Kier alpha value is -2.70. The topological polar surface area (TPSA) is 107 Å². The summed E-state index contributed by atoms with van der Waals surface area (Å²) in [6.07, 6.45) is 0.498. The van der Waals surface area contributed by atoms with E-state index in [0.717, 1.165) is 0 Å². The van der Waals surface area contributed by atoms with Gasteiger partial charge in [0.05, 0.1) is 10.9 Å². The van der Waals surface area contributed by atoms with Crippen molar-refractivity contribution in [3.05, 3.63) is 34.4 Å². The Balaban J connectivity index is 2.21. The lowest BCUT2D eigenvalue weighted by molar-refractivity contribution is -0.135. The summed E-state index contributed by atoms with van der Waals surface area (Å²) in [7, 11) is 0. The molecule has 0 bridgehead atoms. The van der Waals surface area contributed by atoms with Crippen molar-refractivity contribution in [3.8, 4) is 0 Å². The highest BCUT2D eigenvalue weighted by molar-refractivity contribution is 5.99. The molecule has 1 fully saturated rings. The summed E-state index contributed by atoms with van der Waals surface area (Å²) in [5.41, 5.74) is 6.38. The van der Waals surface area contributed by atoms with Gasteiger partial charge in [0, 0.05) is 12.1 Å². The maximum Gasteiger partial charge on any atom is 0.262 e. The number of fused-ring (bicyclic) bond motifs is 1. The molecule has 2 heterocycles. The molecule has 1 saturated heterocycles. The van der Waals surface area contributed by atoms with Crippen molar-refractivity contribution in [3.63, 3.8) is 0 Å². The molecule has 7 nitrogen and oxygen atoms in total. The molecule has 0 saturated carbocycles. The first-order chi connectivity index (χ1) is 9.97. The van der Waals surface area contributed by atoms with Gasteiger partial charge in [-0.05, 0) is 31.5 Å². The molecule has 2 amide bonds. The van der Waals surface area contributed by atoms with Crippen molar-refractivity contribution in [2.24, 2.45) is 0 Å². The lowest BCUT2D eigenvalue weighted by atomic mass is 10.1. The summed E-state index contributed by atoms with van der Waals surface area (Å²) >= 11 is 0. The third kappa shape index (κ3) is 2.16. The third-order valence-electron chi connectivity index (χ3n) is 3.62. The van der Waals surface area contributed by atoms with E-state index in [9.17, 15) is 14.4 Å². The molecule has 1 aliphatic rings. The Kier molecular flexibility index (Phi) is 2.97. The minimum absolute atomic E-state index is 0.206. The van der Waals surface area contributed by atoms with Crippen LogP contribution in [0.15, 0.2) is 23.0 Å². The molecule has 21 heavy (non-hydrogen) atoms. The van der Waals surface area contributed by atoms with Crippen molar-refractivity contribution in [1.29, 1.82) is 0 Å². The van der Waals surface area contributed by atoms with E-state index in [4.69, 9.17) is 5.73 Å². The van der Waals surface area contributed by atoms with E-state index in [1.807, 2.05) is 0 Å². The maximum absolute atomic E-state index is 12.6. The first-order valence-corrected chi connectivity index (χ1v) is 6.59. The van der Waals surface area contributed by atoms with Gasteiger partial charge in [0.25, 0.3) is 5.56 Å². The summed E-state index contributed by atoms with van der Waals surface area (Å²) in [6.45, 7) is 1.67. The van der Waals surface area contributed by atoms with E-state index in [0.29, 0.717) is 28.8 Å². The quantitative estimate of drug-likeness (QED) is 0.578. The van der Waals surface area contributed by atoms with Crippen LogP contribution in [0, 0.1) is 6.92 Å². The highest BCUT2D eigenvalue weighted by atomic mass is 16.2. The smallest absolute Gasteiger partial charge is 0.262 e. The van der Waals surface area contributed by atoms with Crippen LogP contribution in [0.2, 0.25) is 0 Å². The van der Waals surface area contributed by atoms with Crippen LogP contribution in [-0.2, 0) is 9.59 Å². The Morgan fingerprint density at radius 2 is 2.10 bits per heavy atom. The van der Waals surface area contributed by atoms with Crippen molar-refractivity contribution in [2.75, 3.05) is 5.73 Å². The SMILES string of the molecule is Cc1nc2ccc(N)cc2c(=O)n1[C@H]1CCC(=O)NC1=O. The fourth-order valence-corrected chi connectivity index (χ4v) is 2.62. The van der Waals surface area contributed by atoms with Gasteiger partial charge in [-0.3, -0.25) is 24.3 Å². The molecule has 0 spiro atoms. The summed E-state index contributed by atoms with van der Waals surface area (Å²) < 4.78 is 1.34. The predicted octanol–water partition coefficient (Wildman–Crippen LogP) is 0.265. The van der Waals surface area contributed by atoms with Gasteiger partial charge < -0.3 is 5.73 Å². The molecule has 3 rings (SSSR count). The molecule has 1 aromatic carbocycles. The van der Waals surface area contributed by atoms with Crippen molar-refractivity contribution >= 4 is 28.4 Å². The van der Waals surface area contributed by atoms with Crippen LogP contribution < -0.4 is 16.6 Å². The monoisotopic (exact) mass is 286 g/mol. The number of nitrogen functional groups attached to an aromatic ring is 1. The number of carbonyl (C=O) groups excluding carboxylic acids is 2. The van der Waals surface area contributed by atoms with E-state index in [1.54, 1.807) is 25.1 Å². The highest BCUT2D eigenvalue weighted by Gasteiger charge is 2.30. The van der Waals surface area contributed by atoms with E-state index >= 15 is 0 Å². The second kappa shape index (κ2) is 4.69. The molecule has 3 N–H and O–H groups in total. The van der Waals surface area contributed by atoms with Crippen LogP contribution in [0.4, 0.5) is 5.69 Å². The van der Waals surface area contributed by atoms with Crippen molar-refractivity contribution < 1.29 is 9.59 Å². The van der Waals surface area contributed by atoms with E-state index < -0.39 is 11.9 Å². The fraction of sp³-hybridized carbons (Fsp3) is 0.286. The van der Waals surface area contributed by atoms with E-state index in [2.05, 4.69) is 10.3 Å². The number of aryl methyl sites for hydroxylation is 1.